The molecule has 0 aliphatic carbocycles. The highest BCUT2D eigenvalue weighted by atomic mass is 32.1. The fourth-order valence-electron chi connectivity index (χ4n) is 1.55. The summed E-state index contributed by atoms with van der Waals surface area (Å²) in [4.78, 5) is 2.46. The molecule has 0 spiro atoms. The van der Waals surface area contributed by atoms with Crippen molar-refractivity contribution >= 4 is 17.3 Å². The van der Waals surface area contributed by atoms with Crippen molar-refractivity contribution in [2.45, 2.75) is 19.3 Å². The van der Waals surface area contributed by atoms with Crippen molar-refractivity contribution in [2.75, 3.05) is 26.2 Å². The Hall–Kier alpha value is -0.390. The van der Waals surface area contributed by atoms with Crippen LogP contribution in [0.5, 0.6) is 0 Å². The van der Waals surface area contributed by atoms with Gasteiger partial charge in [0.1, 0.15) is 0 Å². The molecule has 0 atom stereocenters. The van der Waals surface area contributed by atoms with Gasteiger partial charge in [-0.2, -0.15) is 0 Å². The van der Waals surface area contributed by atoms with Crippen molar-refractivity contribution in [3.63, 3.8) is 0 Å². The Morgan fingerprint density at radius 1 is 1.31 bits per heavy atom. The highest BCUT2D eigenvalue weighted by Crippen LogP contribution is 2.06. The van der Waals surface area contributed by atoms with Gasteiger partial charge < -0.3 is 10.6 Å². The molecule has 1 saturated heterocycles. The minimum absolute atomic E-state index is 0.304. The number of hydrazine groups is 1. The molecule has 0 amide bonds. The van der Waals surface area contributed by atoms with Gasteiger partial charge >= 0.3 is 0 Å². The third kappa shape index (κ3) is 5.02. The molecule has 4 nitrogen and oxygen atoms in total. The lowest BCUT2D eigenvalue weighted by Gasteiger charge is -2.26. The molecule has 0 bridgehead atoms. The van der Waals surface area contributed by atoms with Crippen molar-refractivity contribution < 1.29 is 0 Å². The monoisotopic (exact) mass is 202 g/mol. The van der Waals surface area contributed by atoms with Gasteiger partial charge in [0, 0.05) is 13.1 Å². The van der Waals surface area contributed by atoms with Crippen LogP contribution in [0.2, 0.25) is 0 Å². The molecule has 4 N–H and O–H groups in total. The van der Waals surface area contributed by atoms with Crippen molar-refractivity contribution in [3.8, 4) is 0 Å². The van der Waals surface area contributed by atoms with Gasteiger partial charge in [-0.25, -0.2) is 5.43 Å². The summed E-state index contributed by atoms with van der Waals surface area (Å²) in [6.45, 7) is 4.41. The van der Waals surface area contributed by atoms with Gasteiger partial charge in [0.25, 0.3) is 0 Å². The first kappa shape index (κ1) is 10.7. The maximum absolute atomic E-state index is 5.26. The molecule has 0 unspecified atom stereocenters. The molecule has 0 aromatic heterocycles. The van der Waals surface area contributed by atoms with E-state index in [1.165, 1.54) is 32.4 Å². The molecular formula is C8H18N4S. The lowest BCUT2D eigenvalue weighted by atomic mass is 10.1. The first-order chi connectivity index (χ1) is 6.29. The van der Waals surface area contributed by atoms with Crippen LogP contribution in [0.3, 0.4) is 0 Å². The molecule has 1 rings (SSSR count). The molecule has 0 aromatic rings. The first-order valence-corrected chi connectivity index (χ1v) is 5.20. The van der Waals surface area contributed by atoms with Crippen LogP contribution in [0.15, 0.2) is 0 Å². The van der Waals surface area contributed by atoms with Gasteiger partial charge in [0.15, 0.2) is 5.11 Å². The summed E-state index contributed by atoms with van der Waals surface area (Å²) in [5, 5.41) is 0.304. The Balaban J connectivity index is 1.95. The fraction of sp³-hybridized carbons (Fsp3) is 0.875. The Morgan fingerprint density at radius 3 is 2.62 bits per heavy atom. The van der Waals surface area contributed by atoms with Crippen LogP contribution in [0.25, 0.3) is 0 Å². The highest BCUT2D eigenvalue weighted by molar-refractivity contribution is 7.80. The van der Waals surface area contributed by atoms with Crippen molar-refractivity contribution in [1.29, 1.82) is 0 Å². The second-order valence-corrected chi connectivity index (χ2v) is 3.76. The number of nitrogens with zero attached hydrogens (tertiary/aromatic N) is 1. The minimum atomic E-state index is 0.304. The predicted molar refractivity (Wildman–Crippen MR) is 58.2 cm³/mol. The fourth-order valence-corrected chi connectivity index (χ4v) is 1.62. The van der Waals surface area contributed by atoms with E-state index in [9.17, 15) is 0 Å². The van der Waals surface area contributed by atoms with E-state index in [2.05, 4.69) is 28.0 Å². The second kappa shape index (κ2) is 6.12. The van der Waals surface area contributed by atoms with E-state index in [1.54, 1.807) is 0 Å². The Morgan fingerprint density at radius 2 is 2.00 bits per heavy atom. The second-order valence-electron chi connectivity index (χ2n) is 3.32. The number of hydrogen-bond donors (Lipinski definition) is 3. The van der Waals surface area contributed by atoms with Crippen LogP contribution in [-0.4, -0.2) is 36.2 Å². The Bertz CT molecular complexity index is 156. The number of nitrogens with two attached hydrogens (primary N) is 1. The maximum atomic E-state index is 5.26. The molecule has 0 aromatic carbocycles. The van der Waals surface area contributed by atoms with Gasteiger partial charge in [0.2, 0.25) is 0 Å². The van der Waals surface area contributed by atoms with Crippen LogP contribution >= 0.6 is 12.2 Å². The molecule has 1 aliphatic heterocycles. The molecular weight excluding hydrogens is 184 g/mol. The molecule has 0 saturated carbocycles. The predicted octanol–water partition coefficient (Wildman–Crippen LogP) is -0.190. The zero-order valence-electron chi connectivity index (χ0n) is 7.88. The number of thiocarbonyl (C=S) groups is 1. The minimum Gasteiger partial charge on any atom is -0.375 e. The van der Waals surface area contributed by atoms with Crippen LogP contribution in [0, 0.1) is 0 Å². The number of rotatable bonds is 4. The number of nitrogens with one attached hydrogen (secondary N) is 2. The number of likely N-dealkylation sites (tertiary alicyclic amines) is 1. The van der Waals surface area contributed by atoms with E-state index in [1.807, 2.05) is 0 Å². The van der Waals surface area contributed by atoms with E-state index in [0.29, 0.717) is 5.11 Å². The molecule has 5 heteroatoms. The quantitative estimate of drug-likeness (QED) is 0.335. The van der Waals surface area contributed by atoms with Gasteiger partial charge in [-0.3, -0.25) is 5.43 Å². The standard InChI is InChI=1S/C8H18N4S/c9-8(13)11-10-4-7-12-5-2-1-3-6-12/h10H,1-7H2,(H3,9,11,13). The first-order valence-electron chi connectivity index (χ1n) is 4.80. The average Bonchev–Trinajstić information content (AvgIpc) is 2.14. The smallest absolute Gasteiger partial charge is 0.178 e. The normalized spacial score (nSPS) is 18.5. The molecule has 1 aliphatic rings. The van der Waals surface area contributed by atoms with Crippen molar-refractivity contribution in [1.82, 2.24) is 15.8 Å². The van der Waals surface area contributed by atoms with E-state index < -0.39 is 0 Å². The zero-order chi connectivity index (χ0) is 9.52. The average molecular weight is 202 g/mol. The summed E-state index contributed by atoms with van der Waals surface area (Å²) in [6, 6.07) is 0. The maximum Gasteiger partial charge on any atom is 0.178 e. The van der Waals surface area contributed by atoms with Gasteiger partial charge in [-0.15, -0.1) is 0 Å². The lowest BCUT2D eigenvalue weighted by Crippen LogP contribution is -2.45. The van der Waals surface area contributed by atoms with Crippen LogP contribution in [0.4, 0.5) is 0 Å². The summed E-state index contributed by atoms with van der Waals surface area (Å²) in [6.07, 6.45) is 4.06. The topological polar surface area (TPSA) is 53.3 Å². The summed E-state index contributed by atoms with van der Waals surface area (Å²) in [5.41, 5.74) is 10.9. The SMILES string of the molecule is NC(=S)NNCCN1CCCCC1. The van der Waals surface area contributed by atoms with E-state index >= 15 is 0 Å². The Labute approximate surface area is 84.8 Å². The van der Waals surface area contributed by atoms with Crippen molar-refractivity contribution in [2.24, 2.45) is 5.73 Å². The molecule has 13 heavy (non-hydrogen) atoms. The third-order valence-corrected chi connectivity index (χ3v) is 2.32. The molecule has 1 heterocycles. The summed E-state index contributed by atoms with van der Waals surface area (Å²) < 4.78 is 0. The lowest BCUT2D eigenvalue weighted by molar-refractivity contribution is 0.228. The van der Waals surface area contributed by atoms with Gasteiger partial charge in [0.05, 0.1) is 0 Å². The van der Waals surface area contributed by atoms with E-state index in [0.717, 1.165) is 13.1 Å². The Kier molecular flexibility index (Phi) is 5.03. The van der Waals surface area contributed by atoms with Crippen LogP contribution in [-0.2, 0) is 0 Å². The van der Waals surface area contributed by atoms with Gasteiger partial charge in [-0.05, 0) is 38.1 Å². The molecule has 76 valence electrons. The summed E-state index contributed by atoms with van der Waals surface area (Å²) >= 11 is 4.66. The van der Waals surface area contributed by atoms with E-state index in [-0.39, 0.29) is 0 Å². The number of piperidine rings is 1. The number of hydrogen-bond acceptors (Lipinski definition) is 3. The summed E-state index contributed by atoms with van der Waals surface area (Å²) in [7, 11) is 0. The molecule has 1 fully saturated rings. The highest BCUT2D eigenvalue weighted by Gasteiger charge is 2.08. The van der Waals surface area contributed by atoms with E-state index in [4.69, 9.17) is 5.73 Å². The third-order valence-electron chi connectivity index (χ3n) is 2.21. The zero-order valence-corrected chi connectivity index (χ0v) is 8.70. The van der Waals surface area contributed by atoms with Crippen LogP contribution < -0.4 is 16.6 Å². The van der Waals surface area contributed by atoms with Crippen LogP contribution in [0.1, 0.15) is 19.3 Å². The van der Waals surface area contributed by atoms with Crippen molar-refractivity contribution in [3.05, 3.63) is 0 Å². The largest absolute Gasteiger partial charge is 0.375 e. The summed E-state index contributed by atoms with van der Waals surface area (Å²) in [5.74, 6) is 0. The van der Waals surface area contributed by atoms with Gasteiger partial charge in [-0.1, -0.05) is 6.42 Å². The molecule has 0 radical (unpaired) electrons.